The molecule has 0 radical (unpaired) electrons. The monoisotopic (exact) mass is 357 g/mol. The zero-order valence-corrected chi connectivity index (χ0v) is 14.9. The minimum Gasteiger partial charge on any atom is -0.376 e. The summed E-state index contributed by atoms with van der Waals surface area (Å²) in [6, 6.07) is 12.7. The lowest BCUT2D eigenvalue weighted by Crippen LogP contribution is -2.42. The van der Waals surface area contributed by atoms with Crippen molar-refractivity contribution in [3.63, 3.8) is 0 Å². The lowest BCUT2D eigenvalue weighted by atomic mass is 10.1. The zero-order valence-electron chi connectivity index (χ0n) is 14.2. The maximum Gasteiger partial charge on any atom is 0.246 e. The number of para-hydroxylation sites is 2. The average Bonchev–Trinajstić information content (AvgIpc) is 2.70. The lowest BCUT2D eigenvalue weighted by Gasteiger charge is -2.28. The Balaban J connectivity index is 1.80. The van der Waals surface area contributed by atoms with Gasteiger partial charge >= 0.3 is 0 Å². The van der Waals surface area contributed by atoms with Crippen LogP contribution in [-0.2, 0) is 9.59 Å². The second kappa shape index (κ2) is 7.15. The van der Waals surface area contributed by atoms with E-state index in [9.17, 15) is 9.59 Å². The predicted molar refractivity (Wildman–Crippen MR) is 101 cm³/mol. The average molecular weight is 358 g/mol. The van der Waals surface area contributed by atoms with Crippen LogP contribution in [-0.4, -0.2) is 24.4 Å². The number of anilines is 3. The molecule has 2 amide bonds. The smallest absolute Gasteiger partial charge is 0.246 e. The number of benzene rings is 2. The Morgan fingerprint density at radius 1 is 1.32 bits per heavy atom. The van der Waals surface area contributed by atoms with E-state index in [0.29, 0.717) is 10.7 Å². The maximum absolute atomic E-state index is 12.8. The molecule has 25 heavy (non-hydrogen) atoms. The highest BCUT2D eigenvalue weighted by atomic mass is 35.5. The van der Waals surface area contributed by atoms with Crippen molar-refractivity contribution in [1.82, 2.24) is 0 Å². The third-order valence-corrected chi connectivity index (χ3v) is 4.65. The van der Waals surface area contributed by atoms with Gasteiger partial charge in [0, 0.05) is 23.2 Å². The summed E-state index contributed by atoms with van der Waals surface area (Å²) in [5.74, 6) is -0.193. The molecule has 0 bridgehead atoms. The van der Waals surface area contributed by atoms with Gasteiger partial charge in [0.25, 0.3) is 0 Å². The van der Waals surface area contributed by atoms with Crippen molar-refractivity contribution in [3.05, 3.63) is 53.1 Å². The molecule has 2 aromatic carbocycles. The Hall–Kier alpha value is -2.53. The minimum atomic E-state index is -0.223. The van der Waals surface area contributed by atoms with Crippen molar-refractivity contribution in [2.75, 3.05) is 22.1 Å². The van der Waals surface area contributed by atoms with Crippen LogP contribution < -0.4 is 15.5 Å². The molecule has 1 aliphatic heterocycles. The standard InChI is InChI=1S/C19H20ClN3O2/c1-12-7-8-14(10-15(12)20)21-11-19(25)23-13(2)9-18(24)22-16-5-3-4-6-17(16)23/h3-8,10,13,21H,9,11H2,1-2H3,(H,22,24)/t13-/m1/s1. The quantitative estimate of drug-likeness (QED) is 0.877. The number of hydrogen-bond donors (Lipinski definition) is 2. The molecule has 0 saturated carbocycles. The van der Waals surface area contributed by atoms with Crippen molar-refractivity contribution in [2.24, 2.45) is 0 Å². The van der Waals surface area contributed by atoms with Crippen molar-refractivity contribution in [1.29, 1.82) is 0 Å². The Labute approximate surface area is 152 Å². The molecular formula is C19H20ClN3O2. The summed E-state index contributed by atoms with van der Waals surface area (Å²) in [7, 11) is 0. The predicted octanol–water partition coefficient (Wildman–Crippen LogP) is 3.82. The van der Waals surface area contributed by atoms with E-state index in [1.54, 1.807) is 17.0 Å². The van der Waals surface area contributed by atoms with Crippen LogP contribution in [0.5, 0.6) is 0 Å². The van der Waals surface area contributed by atoms with Gasteiger partial charge in [0.05, 0.1) is 17.9 Å². The van der Waals surface area contributed by atoms with E-state index in [1.165, 1.54) is 0 Å². The van der Waals surface area contributed by atoms with Gasteiger partial charge in [0.2, 0.25) is 11.8 Å². The first-order valence-corrected chi connectivity index (χ1v) is 8.54. The Morgan fingerprint density at radius 2 is 2.08 bits per heavy atom. The first kappa shape index (κ1) is 17.3. The van der Waals surface area contributed by atoms with Gasteiger partial charge in [0.1, 0.15) is 0 Å². The van der Waals surface area contributed by atoms with E-state index in [-0.39, 0.29) is 30.8 Å². The van der Waals surface area contributed by atoms with Crippen LogP contribution in [0.4, 0.5) is 17.1 Å². The molecule has 0 spiro atoms. The summed E-state index contributed by atoms with van der Waals surface area (Å²) in [5, 5.41) is 6.62. The number of nitrogens with zero attached hydrogens (tertiary/aromatic N) is 1. The van der Waals surface area contributed by atoms with Crippen molar-refractivity contribution in [2.45, 2.75) is 26.3 Å². The van der Waals surface area contributed by atoms with E-state index >= 15 is 0 Å². The molecule has 2 N–H and O–H groups in total. The van der Waals surface area contributed by atoms with Gasteiger partial charge in [-0.05, 0) is 43.7 Å². The molecule has 3 rings (SSSR count). The van der Waals surface area contributed by atoms with Crippen LogP contribution in [0.25, 0.3) is 0 Å². The van der Waals surface area contributed by atoms with Crippen LogP contribution in [0.3, 0.4) is 0 Å². The van der Waals surface area contributed by atoms with Gasteiger partial charge in [0.15, 0.2) is 0 Å². The van der Waals surface area contributed by atoms with Gasteiger partial charge < -0.3 is 15.5 Å². The van der Waals surface area contributed by atoms with E-state index in [4.69, 9.17) is 11.6 Å². The third-order valence-electron chi connectivity index (χ3n) is 4.24. The van der Waals surface area contributed by atoms with Crippen LogP contribution in [0.1, 0.15) is 18.9 Å². The third kappa shape index (κ3) is 3.77. The lowest BCUT2D eigenvalue weighted by molar-refractivity contribution is -0.118. The van der Waals surface area contributed by atoms with E-state index in [1.807, 2.05) is 44.2 Å². The van der Waals surface area contributed by atoms with Crippen LogP contribution in [0.15, 0.2) is 42.5 Å². The normalized spacial score (nSPS) is 16.7. The molecule has 0 saturated heterocycles. The molecule has 5 nitrogen and oxygen atoms in total. The van der Waals surface area contributed by atoms with Crippen LogP contribution in [0.2, 0.25) is 5.02 Å². The second-order valence-corrected chi connectivity index (χ2v) is 6.61. The van der Waals surface area contributed by atoms with Gasteiger partial charge in [-0.1, -0.05) is 29.8 Å². The van der Waals surface area contributed by atoms with Crippen LogP contribution >= 0.6 is 11.6 Å². The van der Waals surface area contributed by atoms with Crippen molar-refractivity contribution >= 4 is 40.5 Å². The summed E-state index contributed by atoms with van der Waals surface area (Å²) < 4.78 is 0. The molecule has 1 atom stereocenters. The molecule has 6 heteroatoms. The van der Waals surface area contributed by atoms with Crippen LogP contribution in [0, 0.1) is 6.92 Å². The first-order chi connectivity index (χ1) is 12.0. The van der Waals surface area contributed by atoms with Gasteiger partial charge in [-0.3, -0.25) is 9.59 Å². The Morgan fingerprint density at radius 3 is 2.84 bits per heavy atom. The van der Waals surface area contributed by atoms with E-state index in [0.717, 1.165) is 16.9 Å². The number of nitrogens with one attached hydrogen (secondary N) is 2. The Kier molecular flexibility index (Phi) is 4.95. The first-order valence-electron chi connectivity index (χ1n) is 8.16. The molecule has 1 heterocycles. The number of aryl methyl sites for hydroxylation is 1. The molecule has 0 unspecified atom stereocenters. The summed E-state index contributed by atoms with van der Waals surface area (Å²) in [4.78, 5) is 26.5. The summed E-state index contributed by atoms with van der Waals surface area (Å²) in [5.41, 5.74) is 3.14. The van der Waals surface area contributed by atoms with E-state index < -0.39 is 0 Å². The topological polar surface area (TPSA) is 61.4 Å². The largest absolute Gasteiger partial charge is 0.376 e. The number of rotatable bonds is 3. The second-order valence-electron chi connectivity index (χ2n) is 6.20. The van der Waals surface area contributed by atoms with Crippen molar-refractivity contribution in [3.8, 4) is 0 Å². The fourth-order valence-electron chi connectivity index (χ4n) is 2.93. The minimum absolute atomic E-state index is 0.0893. The molecule has 1 aliphatic rings. The summed E-state index contributed by atoms with van der Waals surface area (Å²) in [6.07, 6.45) is 0.261. The SMILES string of the molecule is Cc1ccc(NCC(=O)N2c3ccccc3NC(=O)C[C@H]2C)cc1Cl. The number of amides is 2. The summed E-state index contributed by atoms with van der Waals surface area (Å²) >= 11 is 6.12. The van der Waals surface area contributed by atoms with Gasteiger partial charge in [-0.2, -0.15) is 0 Å². The van der Waals surface area contributed by atoms with Crippen molar-refractivity contribution < 1.29 is 9.59 Å². The molecule has 0 aromatic heterocycles. The number of fused-ring (bicyclic) bond motifs is 1. The highest BCUT2D eigenvalue weighted by Gasteiger charge is 2.29. The van der Waals surface area contributed by atoms with Gasteiger partial charge in [-0.25, -0.2) is 0 Å². The molecule has 0 aliphatic carbocycles. The zero-order chi connectivity index (χ0) is 18.0. The molecule has 2 aromatic rings. The Bertz CT molecular complexity index is 822. The number of halogens is 1. The number of carbonyl (C=O) groups is 2. The highest BCUT2D eigenvalue weighted by molar-refractivity contribution is 6.31. The fourth-order valence-corrected chi connectivity index (χ4v) is 3.11. The molecular weight excluding hydrogens is 338 g/mol. The molecule has 130 valence electrons. The van der Waals surface area contributed by atoms with Gasteiger partial charge in [-0.15, -0.1) is 0 Å². The molecule has 0 fully saturated rings. The highest BCUT2D eigenvalue weighted by Crippen LogP contribution is 2.31. The van der Waals surface area contributed by atoms with E-state index in [2.05, 4.69) is 10.6 Å². The maximum atomic E-state index is 12.8. The number of hydrogen-bond acceptors (Lipinski definition) is 3. The number of carbonyl (C=O) groups excluding carboxylic acids is 2. The fraction of sp³-hybridized carbons (Fsp3) is 0.263. The summed E-state index contributed by atoms with van der Waals surface area (Å²) in [6.45, 7) is 3.92.